The third-order valence-electron chi connectivity index (χ3n) is 3.36. The molecular weight excluding hydrogens is 210 g/mol. The molecule has 0 fully saturated rings. The minimum atomic E-state index is 0.138. The van der Waals surface area contributed by atoms with Crippen molar-refractivity contribution in [3.05, 3.63) is 0 Å². The summed E-state index contributed by atoms with van der Waals surface area (Å²) in [4.78, 5) is 13.9. The first kappa shape index (κ1) is 16.0. The van der Waals surface area contributed by atoms with Crippen molar-refractivity contribution in [1.82, 2.24) is 4.90 Å². The molecule has 1 amide bonds. The number of terminal acetylenes is 1. The minimum absolute atomic E-state index is 0.138. The van der Waals surface area contributed by atoms with Crippen LogP contribution < -0.4 is 0 Å². The average molecular weight is 237 g/mol. The molecule has 98 valence electrons. The lowest BCUT2D eigenvalue weighted by atomic mass is 9.92. The molecule has 0 rings (SSSR count). The summed E-state index contributed by atoms with van der Waals surface area (Å²) in [6.45, 7) is 12.4. The van der Waals surface area contributed by atoms with Crippen molar-refractivity contribution in [2.75, 3.05) is 0 Å². The van der Waals surface area contributed by atoms with E-state index in [1.165, 1.54) is 0 Å². The summed E-state index contributed by atoms with van der Waals surface area (Å²) in [5.74, 6) is 3.70. The standard InChI is InChI=1S/C15H27NO/c1-8-10-15(12(5)6)16(13(7)17)14(9-2)11(3)4/h1,11-12,14-15H,9-10H2,2-7H3. The Balaban J connectivity index is 5.17. The number of nitrogens with zero attached hydrogens (tertiary/aromatic N) is 1. The number of carbonyl (C=O) groups is 1. The number of amides is 1. The number of carbonyl (C=O) groups excluding carboxylic acids is 1. The monoisotopic (exact) mass is 237 g/mol. The van der Waals surface area contributed by atoms with Crippen LogP contribution in [0.1, 0.15) is 54.4 Å². The molecule has 0 aromatic rings. The molecular formula is C15H27NO. The topological polar surface area (TPSA) is 20.3 Å². The van der Waals surface area contributed by atoms with E-state index in [-0.39, 0.29) is 18.0 Å². The molecule has 0 N–H and O–H groups in total. The Labute approximate surface area is 107 Å². The molecule has 0 spiro atoms. The van der Waals surface area contributed by atoms with Gasteiger partial charge >= 0.3 is 0 Å². The van der Waals surface area contributed by atoms with Crippen LogP contribution in [-0.4, -0.2) is 22.9 Å². The summed E-state index contributed by atoms with van der Waals surface area (Å²) in [5.41, 5.74) is 0. The van der Waals surface area contributed by atoms with Gasteiger partial charge in [-0.3, -0.25) is 4.79 Å². The molecule has 0 aliphatic heterocycles. The van der Waals surface area contributed by atoms with Gasteiger partial charge in [-0.1, -0.05) is 34.6 Å². The molecule has 0 saturated carbocycles. The van der Waals surface area contributed by atoms with Gasteiger partial charge in [-0.25, -0.2) is 0 Å². The van der Waals surface area contributed by atoms with Crippen LogP contribution in [0.2, 0.25) is 0 Å². The van der Waals surface area contributed by atoms with E-state index in [0.29, 0.717) is 18.3 Å². The van der Waals surface area contributed by atoms with Gasteiger partial charge in [-0.05, 0) is 18.3 Å². The fourth-order valence-electron chi connectivity index (χ4n) is 2.48. The second-order valence-corrected chi connectivity index (χ2v) is 5.37. The van der Waals surface area contributed by atoms with Gasteiger partial charge in [0.25, 0.3) is 0 Å². The zero-order valence-corrected chi connectivity index (χ0v) is 12.2. The van der Waals surface area contributed by atoms with Crippen molar-refractivity contribution in [1.29, 1.82) is 0 Å². The van der Waals surface area contributed by atoms with Crippen molar-refractivity contribution in [2.24, 2.45) is 11.8 Å². The molecule has 0 heterocycles. The maximum atomic E-state index is 11.9. The van der Waals surface area contributed by atoms with Crippen LogP contribution in [0.4, 0.5) is 0 Å². The number of rotatable bonds is 6. The summed E-state index contributed by atoms with van der Waals surface area (Å²) >= 11 is 0. The molecule has 2 nitrogen and oxygen atoms in total. The van der Waals surface area contributed by atoms with Crippen molar-refractivity contribution < 1.29 is 4.79 Å². The van der Waals surface area contributed by atoms with E-state index in [1.807, 2.05) is 4.90 Å². The van der Waals surface area contributed by atoms with E-state index in [2.05, 4.69) is 40.5 Å². The van der Waals surface area contributed by atoms with E-state index in [9.17, 15) is 4.79 Å². The van der Waals surface area contributed by atoms with Crippen LogP contribution in [0, 0.1) is 24.2 Å². The summed E-state index contributed by atoms with van der Waals surface area (Å²) in [6.07, 6.45) is 7.05. The summed E-state index contributed by atoms with van der Waals surface area (Å²) in [5, 5.41) is 0. The Hall–Kier alpha value is -0.970. The largest absolute Gasteiger partial charge is 0.336 e. The molecule has 0 saturated heterocycles. The van der Waals surface area contributed by atoms with E-state index < -0.39 is 0 Å². The summed E-state index contributed by atoms with van der Waals surface area (Å²) in [6, 6.07) is 0.443. The van der Waals surface area contributed by atoms with Crippen molar-refractivity contribution in [2.45, 2.75) is 66.5 Å². The second-order valence-electron chi connectivity index (χ2n) is 5.37. The van der Waals surface area contributed by atoms with E-state index in [4.69, 9.17) is 6.42 Å². The zero-order valence-electron chi connectivity index (χ0n) is 12.2. The molecule has 2 atom stereocenters. The Morgan fingerprint density at radius 3 is 1.88 bits per heavy atom. The second kappa shape index (κ2) is 7.37. The molecule has 0 aliphatic rings. The lowest BCUT2D eigenvalue weighted by Gasteiger charge is -2.40. The van der Waals surface area contributed by atoms with Crippen LogP contribution in [0.3, 0.4) is 0 Å². The first-order chi connectivity index (χ1) is 7.86. The van der Waals surface area contributed by atoms with Gasteiger partial charge in [0.05, 0.1) is 0 Å². The third kappa shape index (κ3) is 4.42. The number of hydrogen-bond acceptors (Lipinski definition) is 1. The van der Waals surface area contributed by atoms with Crippen molar-refractivity contribution in [3.8, 4) is 12.3 Å². The Morgan fingerprint density at radius 1 is 1.18 bits per heavy atom. The van der Waals surface area contributed by atoms with Gasteiger partial charge in [-0.2, -0.15) is 0 Å². The highest BCUT2D eigenvalue weighted by atomic mass is 16.2. The molecule has 0 aromatic carbocycles. The van der Waals surface area contributed by atoms with Gasteiger partial charge in [0.2, 0.25) is 5.91 Å². The summed E-state index contributed by atoms with van der Waals surface area (Å²) in [7, 11) is 0. The predicted octanol–water partition coefficient (Wildman–Crippen LogP) is 3.32. The van der Waals surface area contributed by atoms with E-state index in [1.54, 1.807) is 6.92 Å². The van der Waals surface area contributed by atoms with Crippen LogP contribution in [-0.2, 0) is 4.79 Å². The molecule has 0 bridgehead atoms. The SMILES string of the molecule is C#CCC(C(C)C)N(C(C)=O)C(CC)C(C)C. The molecule has 17 heavy (non-hydrogen) atoms. The van der Waals surface area contributed by atoms with Crippen LogP contribution in [0.15, 0.2) is 0 Å². The highest BCUT2D eigenvalue weighted by molar-refractivity contribution is 5.74. The first-order valence-electron chi connectivity index (χ1n) is 6.59. The van der Waals surface area contributed by atoms with Gasteiger partial charge in [0.15, 0.2) is 0 Å². The van der Waals surface area contributed by atoms with Gasteiger partial charge in [0, 0.05) is 25.4 Å². The van der Waals surface area contributed by atoms with Gasteiger partial charge in [-0.15, -0.1) is 12.3 Å². The van der Waals surface area contributed by atoms with E-state index in [0.717, 1.165) is 6.42 Å². The maximum Gasteiger partial charge on any atom is 0.219 e. The summed E-state index contributed by atoms with van der Waals surface area (Å²) < 4.78 is 0. The van der Waals surface area contributed by atoms with Crippen LogP contribution >= 0.6 is 0 Å². The van der Waals surface area contributed by atoms with E-state index >= 15 is 0 Å². The lowest BCUT2D eigenvalue weighted by molar-refractivity contribution is -0.136. The highest BCUT2D eigenvalue weighted by Crippen LogP contribution is 2.23. The molecule has 2 unspecified atom stereocenters. The normalized spacial score (nSPS) is 14.5. The van der Waals surface area contributed by atoms with Crippen molar-refractivity contribution in [3.63, 3.8) is 0 Å². The smallest absolute Gasteiger partial charge is 0.219 e. The van der Waals surface area contributed by atoms with Crippen LogP contribution in [0.25, 0.3) is 0 Å². The quantitative estimate of drug-likeness (QED) is 0.649. The van der Waals surface area contributed by atoms with Gasteiger partial charge < -0.3 is 4.90 Å². The molecule has 0 aromatic heterocycles. The van der Waals surface area contributed by atoms with Crippen LogP contribution in [0.5, 0.6) is 0 Å². The Kier molecular flexibility index (Phi) is 6.95. The fraction of sp³-hybridized carbons (Fsp3) is 0.800. The fourth-order valence-corrected chi connectivity index (χ4v) is 2.48. The molecule has 2 heteroatoms. The Bertz CT molecular complexity index is 275. The zero-order chi connectivity index (χ0) is 13.6. The Morgan fingerprint density at radius 2 is 1.65 bits per heavy atom. The minimum Gasteiger partial charge on any atom is -0.336 e. The van der Waals surface area contributed by atoms with Gasteiger partial charge in [0.1, 0.15) is 0 Å². The lowest BCUT2D eigenvalue weighted by Crippen LogP contribution is -2.50. The molecule has 0 aliphatic carbocycles. The first-order valence-corrected chi connectivity index (χ1v) is 6.59. The average Bonchev–Trinajstić information content (AvgIpc) is 2.21. The molecule has 0 radical (unpaired) electrons. The number of hydrogen-bond donors (Lipinski definition) is 0. The predicted molar refractivity (Wildman–Crippen MR) is 73.5 cm³/mol. The highest BCUT2D eigenvalue weighted by Gasteiger charge is 2.30. The third-order valence-corrected chi connectivity index (χ3v) is 3.36. The van der Waals surface area contributed by atoms with Crippen molar-refractivity contribution >= 4 is 5.91 Å². The maximum absolute atomic E-state index is 11.9.